The molecule has 114 valence electrons. The van der Waals surface area contributed by atoms with E-state index in [1.54, 1.807) is 6.07 Å². The number of rotatable bonds is 8. The van der Waals surface area contributed by atoms with Crippen LogP contribution in [0.15, 0.2) is 16.5 Å². The van der Waals surface area contributed by atoms with Crippen molar-refractivity contribution in [3.8, 4) is 0 Å². The molecule has 0 saturated carbocycles. The first-order valence-electron chi connectivity index (χ1n) is 7.03. The van der Waals surface area contributed by atoms with Gasteiger partial charge in [0.1, 0.15) is 11.5 Å². The van der Waals surface area contributed by atoms with Crippen LogP contribution in [0.4, 0.5) is 8.78 Å². The molecule has 0 aromatic carbocycles. The number of alkyl halides is 2. The zero-order chi connectivity index (χ0) is 14.2. The molecule has 6 heteroatoms. The lowest BCUT2D eigenvalue weighted by atomic mass is 10.1. The fraction of sp³-hybridized carbons (Fsp3) is 0.714. The van der Waals surface area contributed by atoms with Crippen molar-refractivity contribution in [2.45, 2.75) is 49.8 Å². The van der Waals surface area contributed by atoms with Crippen molar-refractivity contribution in [1.82, 2.24) is 5.32 Å². The third kappa shape index (κ3) is 5.81. The normalized spacial score (nSPS) is 19.6. The molecule has 1 aromatic rings. The molecule has 1 fully saturated rings. The van der Waals surface area contributed by atoms with Crippen molar-refractivity contribution in [1.29, 1.82) is 0 Å². The van der Waals surface area contributed by atoms with Crippen molar-refractivity contribution >= 4 is 11.8 Å². The Morgan fingerprint density at radius 2 is 2.15 bits per heavy atom. The quantitative estimate of drug-likeness (QED) is 0.741. The van der Waals surface area contributed by atoms with Crippen LogP contribution in [0.5, 0.6) is 0 Å². The van der Waals surface area contributed by atoms with Crippen molar-refractivity contribution in [3.63, 3.8) is 0 Å². The van der Waals surface area contributed by atoms with Gasteiger partial charge < -0.3 is 14.5 Å². The molecule has 0 spiro atoms. The van der Waals surface area contributed by atoms with E-state index in [0.29, 0.717) is 30.2 Å². The minimum atomic E-state index is -2.35. The zero-order valence-electron chi connectivity index (χ0n) is 11.4. The molecule has 2 heterocycles. The molecule has 3 nitrogen and oxygen atoms in total. The van der Waals surface area contributed by atoms with Gasteiger partial charge in [0.2, 0.25) is 0 Å². The van der Waals surface area contributed by atoms with Crippen LogP contribution >= 0.6 is 11.8 Å². The van der Waals surface area contributed by atoms with Crippen LogP contribution in [-0.2, 0) is 17.0 Å². The number of hydrogen-bond acceptors (Lipinski definition) is 4. The van der Waals surface area contributed by atoms with Crippen molar-refractivity contribution in [3.05, 3.63) is 23.7 Å². The van der Waals surface area contributed by atoms with Gasteiger partial charge in [-0.05, 0) is 44.4 Å². The summed E-state index contributed by atoms with van der Waals surface area (Å²) in [6, 6.07) is 3.60. The first kappa shape index (κ1) is 15.8. The van der Waals surface area contributed by atoms with Gasteiger partial charge in [0.15, 0.2) is 0 Å². The SMILES string of the molecule is FC(F)SCc1ccc(CNCCC2CCCCO2)o1. The smallest absolute Gasteiger partial charge is 0.284 e. The Kier molecular flexibility index (Phi) is 6.82. The van der Waals surface area contributed by atoms with Crippen LogP contribution in [0.2, 0.25) is 0 Å². The molecule has 1 aromatic heterocycles. The molecule has 0 bridgehead atoms. The summed E-state index contributed by atoms with van der Waals surface area (Å²) in [5.74, 6) is -0.743. The van der Waals surface area contributed by atoms with Crippen LogP contribution < -0.4 is 5.32 Å². The number of thioether (sulfide) groups is 1. The highest BCUT2D eigenvalue weighted by atomic mass is 32.2. The van der Waals surface area contributed by atoms with E-state index < -0.39 is 5.76 Å². The van der Waals surface area contributed by atoms with Crippen LogP contribution in [0.1, 0.15) is 37.2 Å². The molecule has 20 heavy (non-hydrogen) atoms. The molecule has 0 radical (unpaired) electrons. The predicted octanol–water partition coefficient (Wildman–Crippen LogP) is 3.78. The van der Waals surface area contributed by atoms with Crippen molar-refractivity contribution in [2.24, 2.45) is 0 Å². The molecule has 1 saturated heterocycles. The lowest BCUT2D eigenvalue weighted by Gasteiger charge is -2.22. The van der Waals surface area contributed by atoms with E-state index in [1.165, 1.54) is 12.8 Å². The van der Waals surface area contributed by atoms with Gasteiger partial charge in [0.05, 0.1) is 18.4 Å². The average molecular weight is 305 g/mol. The van der Waals surface area contributed by atoms with E-state index in [2.05, 4.69) is 5.32 Å². The average Bonchev–Trinajstić information content (AvgIpc) is 2.90. The van der Waals surface area contributed by atoms with Crippen LogP contribution in [0.3, 0.4) is 0 Å². The van der Waals surface area contributed by atoms with Gasteiger partial charge in [-0.15, -0.1) is 0 Å². The predicted molar refractivity (Wildman–Crippen MR) is 75.9 cm³/mol. The van der Waals surface area contributed by atoms with E-state index in [-0.39, 0.29) is 5.75 Å². The van der Waals surface area contributed by atoms with Gasteiger partial charge in [-0.3, -0.25) is 0 Å². The lowest BCUT2D eigenvalue weighted by molar-refractivity contribution is 0.0115. The topological polar surface area (TPSA) is 34.4 Å². The largest absolute Gasteiger partial charge is 0.464 e. The molecule has 1 atom stereocenters. The second-order valence-corrected chi connectivity index (χ2v) is 5.87. The summed E-state index contributed by atoms with van der Waals surface area (Å²) in [5.41, 5.74) is 0. The van der Waals surface area contributed by atoms with Crippen LogP contribution in [0, 0.1) is 0 Å². The Balaban J connectivity index is 1.59. The van der Waals surface area contributed by atoms with E-state index in [9.17, 15) is 8.78 Å². The van der Waals surface area contributed by atoms with Gasteiger partial charge in [-0.1, -0.05) is 11.8 Å². The molecular formula is C14H21F2NO2S. The van der Waals surface area contributed by atoms with Crippen molar-refractivity contribution in [2.75, 3.05) is 13.2 Å². The molecular weight excluding hydrogens is 284 g/mol. The second kappa shape index (κ2) is 8.64. The third-order valence-electron chi connectivity index (χ3n) is 3.29. The Morgan fingerprint density at radius 1 is 1.30 bits per heavy atom. The summed E-state index contributed by atoms with van der Waals surface area (Å²) in [7, 11) is 0. The molecule has 1 unspecified atom stereocenters. The van der Waals surface area contributed by atoms with E-state index in [4.69, 9.17) is 9.15 Å². The van der Waals surface area contributed by atoms with E-state index in [1.807, 2.05) is 6.07 Å². The van der Waals surface area contributed by atoms with Gasteiger partial charge in [0.25, 0.3) is 5.76 Å². The first-order chi connectivity index (χ1) is 9.74. The molecule has 1 aliphatic heterocycles. The molecule has 1 aliphatic rings. The minimum absolute atomic E-state index is 0.216. The molecule has 0 aliphatic carbocycles. The zero-order valence-corrected chi connectivity index (χ0v) is 12.3. The minimum Gasteiger partial charge on any atom is -0.464 e. The standard InChI is InChI=1S/C14H21F2NO2S/c15-14(16)20-10-13-5-4-12(19-13)9-17-7-6-11-3-1-2-8-18-11/h4-5,11,14,17H,1-3,6-10H2. The van der Waals surface area contributed by atoms with Gasteiger partial charge in [0, 0.05) is 6.61 Å². The van der Waals surface area contributed by atoms with Gasteiger partial charge in [-0.25, -0.2) is 0 Å². The number of nitrogens with one attached hydrogen (secondary N) is 1. The maximum Gasteiger partial charge on any atom is 0.284 e. The summed E-state index contributed by atoms with van der Waals surface area (Å²) in [4.78, 5) is 0. The Morgan fingerprint density at radius 3 is 2.90 bits per heavy atom. The fourth-order valence-corrected chi connectivity index (χ4v) is 2.70. The number of halogens is 2. The molecule has 0 amide bonds. The summed E-state index contributed by atoms with van der Waals surface area (Å²) in [5, 5.41) is 3.30. The Labute approximate surface area is 122 Å². The Hall–Kier alpha value is -0.590. The van der Waals surface area contributed by atoms with Crippen LogP contribution in [0.25, 0.3) is 0 Å². The number of furan rings is 1. The summed E-state index contributed by atoms with van der Waals surface area (Å²) in [6.45, 7) is 2.40. The fourth-order valence-electron chi connectivity index (χ4n) is 2.25. The Bertz CT molecular complexity index is 381. The second-order valence-electron chi connectivity index (χ2n) is 4.89. The van der Waals surface area contributed by atoms with E-state index >= 15 is 0 Å². The molecule has 2 rings (SSSR count). The highest BCUT2D eigenvalue weighted by molar-refractivity contribution is 7.98. The summed E-state index contributed by atoms with van der Waals surface area (Å²) < 4.78 is 35.2. The maximum absolute atomic E-state index is 12.0. The monoisotopic (exact) mass is 305 g/mol. The van der Waals surface area contributed by atoms with E-state index in [0.717, 1.165) is 31.8 Å². The highest BCUT2D eigenvalue weighted by Gasteiger charge is 2.13. The summed E-state index contributed by atoms with van der Waals surface area (Å²) in [6.07, 6.45) is 4.97. The summed E-state index contributed by atoms with van der Waals surface area (Å²) >= 11 is 0.581. The third-order valence-corrected chi connectivity index (χ3v) is 3.99. The highest BCUT2D eigenvalue weighted by Crippen LogP contribution is 2.21. The lowest BCUT2D eigenvalue weighted by Crippen LogP contribution is -2.25. The number of hydrogen-bond donors (Lipinski definition) is 1. The first-order valence-corrected chi connectivity index (χ1v) is 8.08. The number of ether oxygens (including phenoxy) is 1. The van der Waals surface area contributed by atoms with Crippen molar-refractivity contribution < 1.29 is 17.9 Å². The van der Waals surface area contributed by atoms with Crippen LogP contribution in [-0.4, -0.2) is 25.0 Å². The molecule has 1 N–H and O–H groups in total. The van der Waals surface area contributed by atoms with Gasteiger partial charge >= 0.3 is 0 Å². The maximum atomic E-state index is 12.0. The van der Waals surface area contributed by atoms with Gasteiger partial charge in [-0.2, -0.15) is 8.78 Å².